The highest BCUT2D eigenvalue weighted by Crippen LogP contribution is 1.96. The molecule has 0 aliphatic carbocycles. The van der Waals surface area contributed by atoms with Crippen molar-refractivity contribution in [2.75, 3.05) is 13.1 Å². The van der Waals surface area contributed by atoms with Crippen LogP contribution in [0.5, 0.6) is 0 Å². The van der Waals surface area contributed by atoms with Crippen molar-refractivity contribution >= 4 is 6.21 Å². The minimum atomic E-state index is 0.325. The Bertz CT molecular complexity index is 88.4. The highest BCUT2D eigenvalue weighted by molar-refractivity contribution is 5.52. The molecular formula is C5H10N2O. The number of nitrogens with one attached hydrogen (secondary N) is 1. The maximum absolute atomic E-state index is 4.93. The van der Waals surface area contributed by atoms with Gasteiger partial charge in [-0.05, 0) is 6.92 Å². The fourth-order valence-electron chi connectivity index (χ4n) is 0.484. The van der Waals surface area contributed by atoms with E-state index in [2.05, 4.69) is 10.5 Å². The molecule has 8 heavy (non-hydrogen) atoms. The summed E-state index contributed by atoms with van der Waals surface area (Å²) in [6.45, 7) is 3.72. The molecule has 0 aromatic carbocycles. The summed E-state index contributed by atoms with van der Waals surface area (Å²) in [6.07, 6.45) is 1.98. The molecule has 1 saturated heterocycles. The van der Waals surface area contributed by atoms with Crippen LogP contribution in [-0.2, 0) is 4.84 Å². The van der Waals surface area contributed by atoms with E-state index in [-0.39, 0.29) is 0 Å². The summed E-state index contributed by atoms with van der Waals surface area (Å²) in [4.78, 5) is 4.93. The van der Waals surface area contributed by atoms with Crippen molar-refractivity contribution in [1.82, 2.24) is 5.32 Å². The van der Waals surface area contributed by atoms with Crippen molar-refractivity contribution in [2.24, 2.45) is 5.16 Å². The average Bonchev–Trinajstić information content (AvgIpc) is 1.63. The van der Waals surface area contributed by atoms with E-state index in [0.717, 1.165) is 13.1 Å². The monoisotopic (exact) mass is 114 g/mol. The van der Waals surface area contributed by atoms with E-state index in [1.165, 1.54) is 0 Å². The van der Waals surface area contributed by atoms with Crippen LogP contribution in [0.25, 0.3) is 0 Å². The van der Waals surface area contributed by atoms with Crippen LogP contribution in [0.2, 0.25) is 0 Å². The molecule has 1 N–H and O–H groups in total. The van der Waals surface area contributed by atoms with Gasteiger partial charge >= 0.3 is 0 Å². The largest absolute Gasteiger partial charge is 0.390 e. The van der Waals surface area contributed by atoms with E-state index in [9.17, 15) is 0 Å². The van der Waals surface area contributed by atoms with Gasteiger partial charge in [0.2, 0.25) is 0 Å². The first-order valence-electron chi connectivity index (χ1n) is 2.78. The normalized spacial score (nSPS) is 21.1. The fourth-order valence-corrected chi connectivity index (χ4v) is 0.484. The molecule has 3 nitrogen and oxygen atoms in total. The van der Waals surface area contributed by atoms with Crippen LogP contribution in [0.15, 0.2) is 5.16 Å². The van der Waals surface area contributed by atoms with Gasteiger partial charge in [0.15, 0.2) is 6.10 Å². The number of hydrogen-bond acceptors (Lipinski definition) is 3. The molecule has 1 rings (SSSR count). The maximum Gasteiger partial charge on any atom is 0.152 e. The third kappa shape index (κ3) is 1.20. The van der Waals surface area contributed by atoms with Gasteiger partial charge in [0, 0.05) is 19.3 Å². The predicted molar refractivity (Wildman–Crippen MR) is 31.9 cm³/mol. The Morgan fingerprint density at radius 1 is 1.75 bits per heavy atom. The second-order valence-corrected chi connectivity index (χ2v) is 1.75. The van der Waals surface area contributed by atoms with Crippen LogP contribution >= 0.6 is 0 Å². The second-order valence-electron chi connectivity index (χ2n) is 1.75. The first kappa shape index (κ1) is 5.56. The third-order valence-corrected chi connectivity index (χ3v) is 1.06. The zero-order valence-corrected chi connectivity index (χ0v) is 4.92. The number of rotatable bonds is 2. The van der Waals surface area contributed by atoms with Crippen LogP contribution in [0, 0.1) is 0 Å². The van der Waals surface area contributed by atoms with Crippen molar-refractivity contribution in [3.63, 3.8) is 0 Å². The summed E-state index contributed by atoms with van der Waals surface area (Å²) in [5.41, 5.74) is 0. The number of hydrogen-bond donors (Lipinski definition) is 1. The molecule has 1 fully saturated rings. The molecule has 46 valence electrons. The van der Waals surface area contributed by atoms with E-state index >= 15 is 0 Å². The average molecular weight is 114 g/mol. The van der Waals surface area contributed by atoms with Gasteiger partial charge in [0.25, 0.3) is 0 Å². The lowest BCUT2D eigenvalue weighted by Gasteiger charge is -2.23. The van der Waals surface area contributed by atoms with Gasteiger partial charge in [-0.2, -0.15) is 0 Å². The first-order valence-corrected chi connectivity index (χ1v) is 2.78. The Kier molecular flexibility index (Phi) is 1.86. The highest BCUT2D eigenvalue weighted by atomic mass is 16.6. The van der Waals surface area contributed by atoms with Crippen LogP contribution in [0.3, 0.4) is 0 Å². The quantitative estimate of drug-likeness (QED) is 0.404. The van der Waals surface area contributed by atoms with Crippen molar-refractivity contribution in [2.45, 2.75) is 13.0 Å². The maximum atomic E-state index is 4.93. The molecule has 0 aromatic rings. The van der Waals surface area contributed by atoms with Crippen LogP contribution in [0.4, 0.5) is 0 Å². The van der Waals surface area contributed by atoms with Gasteiger partial charge in [-0.1, -0.05) is 5.16 Å². The Morgan fingerprint density at radius 2 is 2.50 bits per heavy atom. The van der Waals surface area contributed by atoms with E-state index in [4.69, 9.17) is 4.84 Å². The lowest BCUT2D eigenvalue weighted by Crippen LogP contribution is -2.47. The molecule has 0 aromatic heterocycles. The van der Waals surface area contributed by atoms with E-state index in [1.54, 1.807) is 6.21 Å². The number of nitrogens with zero attached hydrogens (tertiary/aromatic N) is 1. The molecule has 0 unspecified atom stereocenters. The van der Waals surface area contributed by atoms with E-state index < -0.39 is 0 Å². The highest BCUT2D eigenvalue weighted by Gasteiger charge is 2.16. The lowest BCUT2D eigenvalue weighted by atomic mass is 10.2. The molecule has 0 radical (unpaired) electrons. The van der Waals surface area contributed by atoms with Crippen LogP contribution in [0.1, 0.15) is 6.92 Å². The second kappa shape index (κ2) is 2.67. The molecule has 3 heteroatoms. The summed E-state index contributed by atoms with van der Waals surface area (Å²) in [6, 6.07) is 0. The fraction of sp³-hybridized carbons (Fsp3) is 0.800. The summed E-state index contributed by atoms with van der Waals surface area (Å²) in [5.74, 6) is 0. The topological polar surface area (TPSA) is 33.6 Å². The third-order valence-electron chi connectivity index (χ3n) is 1.06. The Morgan fingerprint density at radius 3 is 2.88 bits per heavy atom. The SMILES string of the molecule is CC=NOC1CNC1. The molecule has 0 spiro atoms. The van der Waals surface area contributed by atoms with Gasteiger partial charge in [0.1, 0.15) is 0 Å². The molecule has 1 heterocycles. The summed E-state index contributed by atoms with van der Waals surface area (Å²) in [7, 11) is 0. The van der Waals surface area contributed by atoms with Gasteiger partial charge < -0.3 is 10.2 Å². The standard InChI is InChI=1S/C5H10N2O/c1-2-7-8-5-3-6-4-5/h2,5-6H,3-4H2,1H3. The minimum absolute atomic E-state index is 0.325. The van der Waals surface area contributed by atoms with Crippen molar-refractivity contribution in [3.8, 4) is 0 Å². The smallest absolute Gasteiger partial charge is 0.152 e. The first-order chi connectivity index (χ1) is 3.93. The summed E-state index contributed by atoms with van der Waals surface area (Å²) in [5, 5.41) is 6.70. The molecule has 0 atom stereocenters. The lowest BCUT2D eigenvalue weighted by molar-refractivity contribution is 0.0240. The number of oxime groups is 1. The molecule has 1 aliphatic heterocycles. The molecule has 0 amide bonds. The Balaban J connectivity index is 2.01. The van der Waals surface area contributed by atoms with Crippen LogP contribution < -0.4 is 5.32 Å². The molecule has 1 aliphatic rings. The minimum Gasteiger partial charge on any atom is -0.390 e. The van der Waals surface area contributed by atoms with Crippen molar-refractivity contribution in [1.29, 1.82) is 0 Å². The Hall–Kier alpha value is -0.570. The summed E-state index contributed by atoms with van der Waals surface area (Å²) >= 11 is 0. The van der Waals surface area contributed by atoms with E-state index in [0.29, 0.717) is 6.10 Å². The van der Waals surface area contributed by atoms with Crippen molar-refractivity contribution in [3.05, 3.63) is 0 Å². The van der Waals surface area contributed by atoms with Gasteiger partial charge in [0.05, 0.1) is 0 Å². The van der Waals surface area contributed by atoms with Crippen molar-refractivity contribution < 1.29 is 4.84 Å². The van der Waals surface area contributed by atoms with E-state index in [1.807, 2.05) is 6.92 Å². The van der Waals surface area contributed by atoms with Gasteiger partial charge in [-0.3, -0.25) is 0 Å². The van der Waals surface area contributed by atoms with Gasteiger partial charge in [-0.15, -0.1) is 0 Å². The molecular weight excluding hydrogens is 104 g/mol. The zero-order chi connectivity index (χ0) is 5.82. The molecule has 0 bridgehead atoms. The van der Waals surface area contributed by atoms with Crippen LogP contribution in [-0.4, -0.2) is 25.4 Å². The predicted octanol–water partition coefficient (Wildman–Crippen LogP) is -0.0195. The summed E-state index contributed by atoms with van der Waals surface area (Å²) < 4.78 is 0. The molecule has 0 saturated carbocycles. The zero-order valence-electron chi connectivity index (χ0n) is 4.92. The Labute approximate surface area is 48.7 Å². The van der Waals surface area contributed by atoms with Gasteiger partial charge in [-0.25, -0.2) is 0 Å².